The number of benzene rings is 4. The highest BCUT2D eigenvalue weighted by molar-refractivity contribution is 6.00. The van der Waals surface area contributed by atoms with Crippen molar-refractivity contribution >= 4 is 22.7 Å². The molecule has 0 N–H and O–H groups in total. The molecule has 34 heavy (non-hydrogen) atoms. The zero-order valence-electron chi connectivity index (χ0n) is 20.4. The Kier molecular flexibility index (Phi) is 6.25. The highest BCUT2D eigenvalue weighted by atomic mass is 16.5. The van der Waals surface area contributed by atoms with Crippen LogP contribution in [0.2, 0.25) is 0 Å². The van der Waals surface area contributed by atoms with Gasteiger partial charge in [0.25, 0.3) is 0 Å². The third-order valence-corrected chi connectivity index (χ3v) is 6.57. The highest BCUT2D eigenvalue weighted by Crippen LogP contribution is 2.33. The molecule has 0 fully saturated rings. The van der Waals surface area contributed by atoms with Gasteiger partial charge in [-0.05, 0) is 111 Å². The number of carbonyl (C=O) groups excluding carboxylic acids is 2. The van der Waals surface area contributed by atoms with E-state index in [4.69, 9.17) is 9.47 Å². The van der Waals surface area contributed by atoms with Gasteiger partial charge in [0.05, 0.1) is 11.1 Å². The Balaban J connectivity index is 1.65. The molecule has 4 heteroatoms. The van der Waals surface area contributed by atoms with Gasteiger partial charge < -0.3 is 9.47 Å². The van der Waals surface area contributed by atoms with Gasteiger partial charge in [-0.3, -0.25) is 0 Å². The maximum Gasteiger partial charge on any atom is 0.343 e. The Bertz CT molecular complexity index is 1290. The molecule has 0 radical (unpaired) electrons. The third kappa shape index (κ3) is 4.44. The average Bonchev–Trinajstić information content (AvgIpc) is 2.80. The van der Waals surface area contributed by atoms with Crippen molar-refractivity contribution < 1.29 is 19.1 Å². The van der Waals surface area contributed by atoms with Crippen LogP contribution in [0.25, 0.3) is 10.8 Å². The summed E-state index contributed by atoms with van der Waals surface area (Å²) in [5.74, 6) is -0.0185. The van der Waals surface area contributed by atoms with E-state index in [0.717, 1.165) is 33.4 Å². The van der Waals surface area contributed by atoms with Crippen molar-refractivity contribution in [1.82, 2.24) is 0 Å². The maximum absolute atomic E-state index is 12.9. The van der Waals surface area contributed by atoms with Crippen LogP contribution >= 0.6 is 0 Å². The minimum Gasteiger partial charge on any atom is -0.422 e. The molecule has 4 nitrogen and oxygen atoms in total. The van der Waals surface area contributed by atoms with E-state index in [2.05, 4.69) is 0 Å². The molecular formula is C30H28O4. The molecule has 0 saturated carbocycles. The first-order valence-electron chi connectivity index (χ1n) is 11.3. The highest BCUT2D eigenvalue weighted by Gasteiger charge is 2.17. The molecule has 0 aliphatic carbocycles. The number of ether oxygens (including phenoxy) is 2. The Labute approximate surface area is 200 Å². The van der Waals surface area contributed by atoms with Gasteiger partial charge in [-0.2, -0.15) is 0 Å². The lowest BCUT2D eigenvalue weighted by atomic mass is 10.0. The second-order valence-electron chi connectivity index (χ2n) is 8.86. The SMILES string of the molecule is Cc1cc(C(=O)Oc2cccc3c(OC(=O)c4cc(C)c(C)c(C)c4)cccc23)cc(C)c1C. The maximum atomic E-state index is 12.9. The first kappa shape index (κ1) is 23.2. The quantitative estimate of drug-likeness (QED) is 0.244. The molecule has 0 aliphatic rings. The standard InChI is InChI=1S/C30H28O4/c1-17-13-23(14-18(2)21(17)5)29(31)33-27-11-7-10-26-25(27)9-8-12-28(26)34-30(32)24-15-19(3)22(6)20(4)16-24/h7-16H,1-6H3. The number of rotatable bonds is 4. The fraction of sp³-hybridized carbons (Fsp3) is 0.200. The Morgan fingerprint density at radius 3 is 1.18 bits per heavy atom. The molecule has 172 valence electrons. The number of esters is 2. The van der Waals surface area contributed by atoms with E-state index in [0.29, 0.717) is 33.4 Å². The zero-order valence-corrected chi connectivity index (χ0v) is 20.4. The lowest BCUT2D eigenvalue weighted by Crippen LogP contribution is -2.11. The molecule has 0 aliphatic heterocycles. The van der Waals surface area contributed by atoms with Crippen LogP contribution in [-0.4, -0.2) is 11.9 Å². The van der Waals surface area contributed by atoms with Crippen molar-refractivity contribution in [2.45, 2.75) is 41.5 Å². The fourth-order valence-corrected chi connectivity index (χ4v) is 4.05. The molecular weight excluding hydrogens is 424 g/mol. The fourth-order valence-electron chi connectivity index (χ4n) is 4.05. The van der Waals surface area contributed by atoms with E-state index in [1.807, 2.05) is 77.9 Å². The van der Waals surface area contributed by atoms with Crippen LogP contribution in [0.3, 0.4) is 0 Å². The second kappa shape index (κ2) is 9.14. The molecule has 0 heterocycles. The van der Waals surface area contributed by atoms with Gasteiger partial charge >= 0.3 is 11.9 Å². The van der Waals surface area contributed by atoms with Crippen LogP contribution in [0.15, 0.2) is 60.7 Å². The first-order valence-corrected chi connectivity index (χ1v) is 11.3. The lowest BCUT2D eigenvalue weighted by Gasteiger charge is -2.13. The van der Waals surface area contributed by atoms with Crippen molar-refractivity contribution in [3.8, 4) is 11.5 Å². The second-order valence-corrected chi connectivity index (χ2v) is 8.86. The molecule has 0 atom stereocenters. The van der Waals surface area contributed by atoms with Gasteiger partial charge in [-0.25, -0.2) is 9.59 Å². The van der Waals surface area contributed by atoms with Gasteiger partial charge in [0.1, 0.15) is 11.5 Å². The summed E-state index contributed by atoms with van der Waals surface area (Å²) in [5.41, 5.74) is 7.50. The van der Waals surface area contributed by atoms with E-state index in [1.165, 1.54) is 0 Å². The zero-order chi connectivity index (χ0) is 24.6. The van der Waals surface area contributed by atoms with Gasteiger partial charge in [-0.1, -0.05) is 24.3 Å². The van der Waals surface area contributed by atoms with E-state index in [-0.39, 0.29) is 0 Å². The summed E-state index contributed by atoms with van der Waals surface area (Å²) < 4.78 is 11.5. The monoisotopic (exact) mass is 452 g/mol. The number of hydrogen-bond acceptors (Lipinski definition) is 4. The molecule has 0 amide bonds. The largest absolute Gasteiger partial charge is 0.422 e. The predicted octanol–water partition coefficient (Wildman–Crippen LogP) is 7.13. The van der Waals surface area contributed by atoms with Crippen LogP contribution in [0.4, 0.5) is 0 Å². The number of hydrogen-bond donors (Lipinski definition) is 0. The summed E-state index contributed by atoms with van der Waals surface area (Å²) in [6, 6.07) is 18.1. The molecule has 4 aromatic rings. The molecule has 4 rings (SSSR count). The smallest absolute Gasteiger partial charge is 0.343 e. The van der Waals surface area contributed by atoms with E-state index in [1.54, 1.807) is 24.3 Å². The van der Waals surface area contributed by atoms with Crippen molar-refractivity contribution in [1.29, 1.82) is 0 Å². The number of fused-ring (bicyclic) bond motifs is 1. The number of carbonyl (C=O) groups is 2. The van der Waals surface area contributed by atoms with Crippen molar-refractivity contribution in [3.05, 3.63) is 105 Å². The topological polar surface area (TPSA) is 52.6 Å². The van der Waals surface area contributed by atoms with Crippen LogP contribution in [-0.2, 0) is 0 Å². The predicted molar refractivity (Wildman–Crippen MR) is 135 cm³/mol. The minimum atomic E-state index is -0.424. The molecule has 0 spiro atoms. The minimum absolute atomic E-state index is 0.415. The van der Waals surface area contributed by atoms with E-state index < -0.39 is 11.9 Å². The number of aryl methyl sites for hydroxylation is 4. The van der Waals surface area contributed by atoms with E-state index in [9.17, 15) is 9.59 Å². The summed E-state index contributed by atoms with van der Waals surface area (Å²) in [7, 11) is 0. The van der Waals surface area contributed by atoms with Crippen LogP contribution in [0.5, 0.6) is 11.5 Å². The van der Waals surface area contributed by atoms with Crippen LogP contribution < -0.4 is 9.47 Å². The first-order chi connectivity index (χ1) is 16.2. The Morgan fingerprint density at radius 2 is 0.853 bits per heavy atom. The molecule has 0 aromatic heterocycles. The van der Waals surface area contributed by atoms with Crippen molar-refractivity contribution in [2.75, 3.05) is 0 Å². The summed E-state index contributed by atoms with van der Waals surface area (Å²) in [4.78, 5) is 25.8. The molecule has 0 bridgehead atoms. The Morgan fingerprint density at radius 1 is 0.529 bits per heavy atom. The normalized spacial score (nSPS) is 10.9. The van der Waals surface area contributed by atoms with Gasteiger partial charge in [0.2, 0.25) is 0 Å². The summed E-state index contributed by atoms with van der Waals surface area (Å²) in [5, 5.41) is 1.39. The van der Waals surface area contributed by atoms with Gasteiger partial charge in [-0.15, -0.1) is 0 Å². The van der Waals surface area contributed by atoms with Gasteiger partial charge in [0.15, 0.2) is 0 Å². The van der Waals surface area contributed by atoms with Crippen LogP contribution in [0, 0.1) is 41.5 Å². The Hall–Kier alpha value is -3.92. The van der Waals surface area contributed by atoms with Crippen molar-refractivity contribution in [2.24, 2.45) is 0 Å². The van der Waals surface area contributed by atoms with Crippen molar-refractivity contribution in [3.63, 3.8) is 0 Å². The van der Waals surface area contributed by atoms with Gasteiger partial charge in [0, 0.05) is 10.8 Å². The molecule has 0 saturated heterocycles. The van der Waals surface area contributed by atoms with Crippen LogP contribution in [0.1, 0.15) is 54.1 Å². The summed E-state index contributed by atoms with van der Waals surface area (Å²) >= 11 is 0. The lowest BCUT2D eigenvalue weighted by molar-refractivity contribution is 0.0725. The third-order valence-electron chi connectivity index (χ3n) is 6.57. The summed E-state index contributed by atoms with van der Waals surface area (Å²) in [6.45, 7) is 12.0. The molecule has 0 unspecified atom stereocenters. The summed E-state index contributed by atoms with van der Waals surface area (Å²) in [6.07, 6.45) is 0. The average molecular weight is 453 g/mol. The van der Waals surface area contributed by atoms with E-state index >= 15 is 0 Å². The molecule has 4 aromatic carbocycles.